The summed E-state index contributed by atoms with van der Waals surface area (Å²) in [7, 11) is 0. The minimum absolute atomic E-state index is 0.265. The van der Waals surface area contributed by atoms with Gasteiger partial charge in [-0.3, -0.25) is 0 Å². The molecule has 0 fully saturated rings. The average molecular weight is 342 g/mol. The van der Waals surface area contributed by atoms with Crippen LogP contribution in [0, 0.1) is 0 Å². The Kier molecular flexibility index (Phi) is 9.82. The molecule has 1 aromatic carbocycles. The number of hydrogen-bond donors (Lipinski definition) is 0. The Hall–Kier alpha value is -1.14. The Morgan fingerprint density at radius 2 is 1.27 bits per heavy atom. The standard InChI is InChI=1S/C16H22O4S2/c1-21-11-5-9-19-15(17)13-7-3-4-8-14(13)16(18)20-10-6-12-22-2/h3-4,7-8H,5-6,9-12H2,1-2H3. The maximum absolute atomic E-state index is 12.1. The van der Waals surface area contributed by atoms with Gasteiger partial charge >= 0.3 is 11.9 Å². The highest BCUT2D eigenvalue weighted by atomic mass is 32.2. The molecule has 22 heavy (non-hydrogen) atoms. The van der Waals surface area contributed by atoms with Gasteiger partial charge in [0.2, 0.25) is 0 Å². The first kappa shape index (κ1) is 18.9. The second-order valence-corrected chi connectivity index (χ2v) is 6.48. The van der Waals surface area contributed by atoms with Crippen LogP contribution in [0.3, 0.4) is 0 Å². The van der Waals surface area contributed by atoms with E-state index in [1.807, 2.05) is 12.5 Å². The molecule has 6 heteroatoms. The minimum Gasteiger partial charge on any atom is -0.462 e. The Bertz CT molecular complexity index is 434. The molecular weight excluding hydrogens is 320 g/mol. The molecule has 0 aromatic heterocycles. The average Bonchev–Trinajstić information content (AvgIpc) is 2.55. The van der Waals surface area contributed by atoms with Gasteiger partial charge < -0.3 is 9.47 Å². The van der Waals surface area contributed by atoms with Gasteiger partial charge in [-0.15, -0.1) is 0 Å². The van der Waals surface area contributed by atoms with Crippen molar-refractivity contribution in [3.63, 3.8) is 0 Å². The molecule has 0 radical (unpaired) electrons. The molecule has 0 N–H and O–H groups in total. The van der Waals surface area contributed by atoms with Crippen molar-refractivity contribution in [2.45, 2.75) is 12.8 Å². The number of ether oxygens (including phenoxy) is 2. The second kappa shape index (κ2) is 11.4. The summed E-state index contributed by atoms with van der Waals surface area (Å²) in [6.07, 6.45) is 5.61. The number of benzene rings is 1. The maximum Gasteiger partial charge on any atom is 0.339 e. The summed E-state index contributed by atoms with van der Waals surface area (Å²) in [4.78, 5) is 24.1. The molecule has 0 spiro atoms. The third-order valence-corrected chi connectivity index (χ3v) is 4.21. The Morgan fingerprint density at radius 1 is 0.864 bits per heavy atom. The lowest BCUT2D eigenvalue weighted by molar-refractivity contribution is 0.0459. The summed E-state index contributed by atoms with van der Waals surface area (Å²) >= 11 is 3.41. The van der Waals surface area contributed by atoms with Gasteiger partial charge in [0, 0.05) is 0 Å². The van der Waals surface area contributed by atoms with E-state index in [9.17, 15) is 9.59 Å². The zero-order valence-electron chi connectivity index (χ0n) is 13.0. The van der Waals surface area contributed by atoms with Crippen LogP contribution >= 0.6 is 23.5 Å². The predicted molar refractivity (Wildman–Crippen MR) is 93.0 cm³/mol. The number of thioether (sulfide) groups is 2. The predicted octanol–water partition coefficient (Wildman–Crippen LogP) is 3.51. The van der Waals surface area contributed by atoms with Crippen molar-refractivity contribution in [1.29, 1.82) is 0 Å². The highest BCUT2D eigenvalue weighted by Gasteiger charge is 2.18. The van der Waals surface area contributed by atoms with Gasteiger partial charge in [-0.05, 0) is 49.0 Å². The van der Waals surface area contributed by atoms with E-state index >= 15 is 0 Å². The van der Waals surface area contributed by atoms with Crippen LogP contribution in [0.15, 0.2) is 24.3 Å². The van der Waals surface area contributed by atoms with E-state index in [0.29, 0.717) is 13.2 Å². The number of carbonyl (C=O) groups is 2. The summed E-state index contributed by atoms with van der Waals surface area (Å²) < 4.78 is 10.4. The van der Waals surface area contributed by atoms with Crippen LogP contribution in [-0.2, 0) is 9.47 Å². The Morgan fingerprint density at radius 3 is 1.64 bits per heavy atom. The number of esters is 2. The molecule has 4 nitrogen and oxygen atoms in total. The van der Waals surface area contributed by atoms with Crippen LogP contribution in [0.4, 0.5) is 0 Å². The molecule has 0 heterocycles. The molecule has 1 rings (SSSR count). The zero-order valence-corrected chi connectivity index (χ0v) is 14.6. The lowest BCUT2D eigenvalue weighted by Crippen LogP contribution is -2.15. The van der Waals surface area contributed by atoms with Crippen molar-refractivity contribution in [3.8, 4) is 0 Å². The van der Waals surface area contributed by atoms with Crippen molar-refractivity contribution in [1.82, 2.24) is 0 Å². The van der Waals surface area contributed by atoms with Crippen molar-refractivity contribution < 1.29 is 19.1 Å². The highest BCUT2D eigenvalue weighted by Crippen LogP contribution is 2.13. The number of rotatable bonds is 10. The highest BCUT2D eigenvalue weighted by molar-refractivity contribution is 7.98. The fourth-order valence-electron chi connectivity index (χ4n) is 1.73. The van der Waals surface area contributed by atoms with Crippen LogP contribution in [0.5, 0.6) is 0 Å². The fourth-order valence-corrected chi connectivity index (χ4v) is 2.54. The van der Waals surface area contributed by atoms with E-state index in [-0.39, 0.29) is 11.1 Å². The first-order chi connectivity index (χ1) is 10.7. The summed E-state index contributed by atoms with van der Waals surface area (Å²) in [5.41, 5.74) is 0.531. The Balaban J connectivity index is 2.60. The molecule has 0 amide bonds. The molecule has 122 valence electrons. The molecule has 0 aliphatic heterocycles. The molecule has 0 aliphatic rings. The van der Waals surface area contributed by atoms with E-state index < -0.39 is 11.9 Å². The van der Waals surface area contributed by atoms with E-state index in [4.69, 9.17) is 9.47 Å². The summed E-state index contributed by atoms with van der Waals surface area (Å²) in [6.45, 7) is 0.716. The minimum atomic E-state index is -0.474. The lowest BCUT2D eigenvalue weighted by atomic mass is 10.1. The number of hydrogen-bond acceptors (Lipinski definition) is 6. The van der Waals surface area contributed by atoms with E-state index in [1.165, 1.54) is 0 Å². The lowest BCUT2D eigenvalue weighted by Gasteiger charge is -2.09. The van der Waals surface area contributed by atoms with E-state index in [2.05, 4.69) is 0 Å². The SMILES string of the molecule is CSCCCOC(=O)c1ccccc1C(=O)OCCCSC. The Labute approximate surface area is 140 Å². The first-order valence-electron chi connectivity index (χ1n) is 7.12. The normalized spacial score (nSPS) is 10.3. The molecule has 0 saturated heterocycles. The van der Waals surface area contributed by atoms with Crippen molar-refractivity contribution >= 4 is 35.5 Å². The quantitative estimate of drug-likeness (QED) is 0.479. The third-order valence-electron chi connectivity index (χ3n) is 2.82. The molecule has 0 unspecified atom stereocenters. The van der Waals surface area contributed by atoms with Gasteiger partial charge in [-0.25, -0.2) is 9.59 Å². The van der Waals surface area contributed by atoms with Gasteiger partial charge in [0.05, 0.1) is 24.3 Å². The first-order valence-corrected chi connectivity index (χ1v) is 9.90. The fraction of sp³-hybridized carbons (Fsp3) is 0.500. The summed E-state index contributed by atoms with van der Waals surface area (Å²) in [5.74, 6) is 0.925. The van der Waals surface area contributed by atoms with Crippen LogP contribution in [-0.4, -0.2) is 49.2 Å². The van der Waals surface area contributed by atoms with Crippen LogP contribution in [0.25, 0.3) is 0 Å². The summed E-state index contributed by atoms with van der Waals surface area (Å²) in [6, 6.07) is 6.61. The van der Waals surface area contributed by atoms with Crippen LogP contribution < -0.4 is 0 Å². The number of carbonyl (C=O) groups excluding carboxylic acids is 2. The van der Waals surface area contributed by atoms with E-state index in [0.717, 1.165) is 24.3 Å². The molecule has 0 atom stereocenters. The largest absolute Gasteiger partial charge is 0.462 e. The topological polar surface area (TPSA) is 52.6 Å². The van der Waals surface area contributed by atoms with Crippen LogP contribution in [0.2, 0.25) is 0 Å². The van der Waals surface area contributed by atoms with Gasteiger partial charge in [0.15, 0.2) is 0 Å². The summed E-state index contributed by atoms with van der Waals surface area (Å²) in [5, 5.41) is 0. The smallest absolute Gasteiger partial charge is 0.339 e. The monoisotopic (exact) mass is 342 g/mol. The van der Waals surface area contributed by atoms with Crippen molar-refractivity contribution in [2.75, 3.05) is 37.2 Å². The molecule has 0 bridgehead atoms. The van der Waals surface area contributed by atoms with Gasteiger partial charge in [0.25, 0.3) is 0 Å². The third kappa shape index (κ3) is 6.75. The van der Waals surface area contributed by atoms with Gasteiger partial charge in [-0.1, -0.05) is 12.1 Å². The van der Waals surface area contributed by atoms with Crippen LogP contribution in [0.1, 0.15) is 33.6 Å². The second-order valence-electron chi connectivity index (χ2n) is 4.51. The maximum atomic E-state index is 12.1. The molecule has 0 saturated carbocycles. The molecule has 0 aliphatic carbocycles. The van der Waals surface area contributed by atoms with Crippen molar-refractivity contribution in [2.24, 2.45) is 0 Å². The van der Waals surface area contributed by atoms with Gasteiger partial charge in [-0.2, -0.15) is 23.5 Å². The van der Waals surface area contributed by atoms with Crippen molar-refractivity contribution in [3.05, 3.63) is 35.4 Å². The van der Waals surface area contributed by atoms with Gasteiger partial charge in [0.1, 0.15) is 0 Å². The zero-order chi connectivity index (χ0) is 16.2. The molecular formula is C16H22O4S2. The van der Waals surface area contributed by atoms with E-state index in [1.54, 1.807) is 47.8 Å². The molecule has 1 aromatic rings.